The highest BCUT2D eigenvalue weighted by Gasteiger charge is 2.35. The van der Waals surface area contributed by atoms with Gasteiger partial charge in [0.2, 0.25) is 10.0 Å². The van der Waals surface area contributed by atoms with E-state index < -0.39 is 38.4 Å². The number of sulfone groups is 1. The first kappa shape index (κ1) is 16.8. The fourth-order valence-corrected chi connectivity index (χ4v) is 6.16. The summed E-state index contributed by atoms with van der Waals surface area (Å²) in [5, 5.41) is 34.1. The molecule has 1 unspecified atom stereocenters. The van der Waals surface area contributed by atoms with Gasteiger partial charge in [-0.3, -0.25) is 0 Å². The van der Waals surface area contributed by atoms with Gasteiger partial charge in [-0.1, -0.05) is 0 Å². The summed E-state index contributed by atoms with van der Waals surface area (Å²) in [7, 11) is -7.63. The van der Waals surface area contributed by atoms with Gasteiger partial charge in [0.15, 0.2) is 9.84 Å². The van der Waals surface area contributed by atoms with Gasteiger partial charge < -0.3 is 20.6 Å². The summed E-state index contributed by atoms with van der Waals surface area (Å²) in [5.41, 5.74) is 0.194. The average Bonchev–Trinajstić information content (AvgIpc) is 2.72. The van der Waals surface area contributed by atoms with E-state index in [4.69, 9.17) is 20.5 Å². The highest BCUT2D eigenvalue weighted by Crippen LogP contribution is 2.39. The van der Waals surface area contributed by atoms with Crippen LogP contribution in [0, 0.1) is 0 Å². The fraction of sp³-hybridized carbons (Fsp3) is 0.556. The quantitative estimate of drug-likeness (QED) is 0.379. The molecular formula is C9H14N2O7S3. The summed E-state index contributed by atoms with van der Waals surface area (Å²) in [6.07, 6.45) is 0.103. The first-order chi connectivity index (χ1) is 9.40. The van der Waals surface area contributed by atoms with Crippen LogP contribution in [0.1, 0.15) is 18.0 Å². The Bertz CT molecular complexity index is 745. The Balaban J connectivity index is 2.42. The zero-order valence-corrected chi connectivity index (χ0v) is 13.0. The Morgan fingerprint density at radius 1 is 1.43 bits per heavy atom. The Kier molecular flexibility index (Phi) is 4.18. The molecule has 0 bridgehead atoms. The number of primary sulfonamides is 1. The van der Waals surface area contributed by atoms with E-state index in [1.807, 2.05) is 0 Å². The van der Waals surface area contributed by atoms with Crippen molar-refractivity contribution in [3.63, 3.8) is 0 Å². The summed E-state index contributed by atoms with van der Waals surface area (Å²) in [6.45, 7) is -0.627. The number of nitrogens with one attached hydrogen (secondary N) is 1. The van der Waals surface area contributed by atoms with Gasteiger partial charge in [-0.25, -0.2) is 22.0 Å². The molecule has 2 heterocycles. The van der Waals surface area contributed by atoms with Crippen molar-refractivity contribution < 1.29 is 32.2 Å². The number of fused-ring (bicyclic) bond motifs is 1. The predicted octanol–water partition coefficient (Wildman–Crippen LogP) is -2.17. The minimum atomic E-state index is -4.04. The lowest BCUT2D eigenvalue weighted by Crippen LogP contribution is -2.42. The van der Waals surface area contributed by atoms with Crippen LogP contribution in [0.15, 0.2) is 14.5 Å². The summed E-state index contributed by atoms with van der Waals surface area (Å²) in [6, 6.07) is 0.512. The number of hydrogen-bond donors (Lipinski definition) is 5. The Morgan fingerprint density at radius 3 is 2.57 bits per heavy atom. The number of rotatable bonds is 4. The number of aliphatic hydroxyl groups is 3. The minimum Gasteiger partial charge on any atom is -0.343 e. The Morgan fingerprint density at radius 2 is 2.05 bits per heavy atom. The Labute approximate surface area is 125 Å². The minimum absolute atomic E-state index is 0.103. The molecule has 0 fully saturated rings. The van der Waals surface area contributed by atoms with Crippen molar-refractivity contribution in [2.75, 3.05) is 12.3 Å². The van der Waals surface area contributed by atoms with E-state index in [9.17, 15) is 16.8 Å². The Hall–Kier alpha value is -0.600. The molecule has 12 heteroatoms. The molecule has 1 aromatic heterocycles. The number of thiophene rings is 1. The molecule has 0 spiro atoms. The third kappa shape index (κ3) is 3.78. The van der Waals surface area contributed by atoms with E-state index in [0.717, 1.165) is 6.07 Å². The molecule has 6 N–H and O–H groups in total. The van der Waals surface area contributed by atoms with Gasteiger partial charge in [0.25, 0.3) is 5.97 Å². The van der Waals surface area contributed by atoms with E-state index in [1.54, 1.807) is 0 Å². The maximum atomic E-state index is 12.0. The molecule has 0 aromatic carbocycles. The van der Waals surface area contributed by atoms with Crippen LogP contribution >= 0.6 is 11.3 Å². The van der Waals surface area contributed by atoms with E-state index in [1.165, 1.54) is 0 Å². The zero-order chi connectivity index (χ0) is 16.1. The second-order valence-electron chi connectivity index (χ2n) is 4.67. The van der Waals surface area contributed by atoms with E-state index in [2.05, 4.69) is 5.32 Å². The summed E-state index contributed by atoms with van der Waals surface area (Å²) in [5.74, 6) is -3.17. The van der Waals surface area contributed by atoms with Gasteiger partial charge in [0.05, 0.1) is 12.3 Å². The standard InChI is InChI=1S/C9H14N2O7S3/c10-21(17,18)7-3-5-6(11-4-9(12,13)14)1-2-20(15,16)8(5)19-7/h3,6,11-14H,1-2,4H2,(H2,10,17,18). The van der Waals surface area contributed by atoms with Crippen LogP contribution in [-0.2, 0) is 19.9 Å². The van der Waals surface area contributed by atoms with Crippen molar-refractivity contribution in [2.45, 2.75) is 26.9 Å². The maximum Gasteiger partial charge on any atom is 0.288 e. The van der Waals surface area contributed by atoms with Gasteiger partial charge in [-0.2, -0.15) is 0 Å². The van der Waals surface area contributed by atoms with Gasteiger partial charge >= 0.3 is 0 Å². The lowest BCUT2D eigenvalue weighted by atomic mass is 10.1. The third-order valence-electron chi connectivity index (χ3n) is 2.90. The highest BCUT2D eigenvalue weighted by atomic mass is 32.3. The average molecular weight is 358 g/mol. The molecule has 1 aromatic rings. The first-order valence-corrected chi connectivity index (χ1v) is 9.71. The van der Waals surface area contributed by atoms with Crippen LogP contribution < -0.4 is 10.5 Å². The fourth-order valence-electron chi connectivity index (χ4n) is 1.99. The topological polar surface area (TPSA) is 167 Å². The molecule has 0 amide bonds. The molecule has 9 nitrogen and oxygen atoms in total. The molecule has 0 aliphatic carbocycles. The van der Waals surface area contributed by atoms with E-state index in [-0.39, 0.29) is 26.2 Å². The lowest BCUT2D eigenvalue weighted by Gasteiger charge is -2.25. The lowest BCUT2D eigenvalue weighted by molar-refractivity contribution is -0.307. The van der Waals surface area contributed by atoms with Crippen molar-refractivity contribution >= 4 is 31.2 Å². The van der Waals surface area contributed by atoms with Crippen LogP contribution in [0.25, 0.3) is 0 Å². The van der Waals surface area contributed by atoms with E-state index >= 15 is 0 Å². The normalized spacial score (nSPS) is 22.0. The second-order valence-corrected chi connectivity index (χ2v) is 9.81. The SMILES string of the molecule is NS(=O)(=O)c1cc2c(s1)S(=O)(=O)CCC2NCC(O)(O)O. The van der Waals surface area contributed by atoms with Crippen molar-refractivity contribution in [3.05, 3.63) is 11.6 Å². The summed E-state index contributed by atoms with van der Waals surface area (Å²) >= 11 is 0.558. The van der Waals surface area contributed by atoms with Crippen LogP contribution in [-0.4, -0.2) is 50.4 Å². The maximum absolute atomic E-state index is 12.0. The second kappa shape index (κ2) is 5.24. The monoisotopic (exact) mass is 358 g/mol. The molecule has 21 heavy (non-hydrogen) atoms. The summed E-state index contributed by atoms with van der Waals surface area (Å²) < 4.78 is 46.2. The van der Waals surface area contributed by atoms with E-state index in [0.29, 0.717) is 11.3 Å². The van der Waals surface area contributed by atoms with Gasteiger partial charge in [-0.05, 0) is 12.5 Å². The van der Waals surface area contributed by atoms with Gasteiger partial charge in [0, 0.05) is 11.6 Å². The molecule has 1 aliphatic heterocycles. The number of hydrogen-bond acceptors (Lipinski definition) is 9. The molecular weight excluding hydrogens is 344 g/mol. The van der Waals surface area contributed by atoms with Gasteiger partial charge in [-0.15, -0.1) is 11.3 Å². The zero-order valence-electron chi connectivity index (χ0n) is 10.6. The number of nitrogens with two attached hydrogens (primary N) is 1. The predicted molar refractivity (Wildman–Crippen MR) is 72.5 cm³/mol. The van der Waals surface area contributed by atoms with Crippen molar-refractivity contribution in [3.8, 4) is 0 Å². The van der Waals surface area contributed by atoms with Crippen LogP contribution in [0.4, 0.5) is 0 Å². The smallest absolute Gasteiger partial charge is 0.288 e. The molecule has 2 rings (SSSR count). The van der Waals surface area contributed by atoms with Crippen molar-refractivity contribution in [1.29, 1.82) is 0 Å². The summed E-state index contributed by atoms with van der Waals surface area (Å²) in [4.78, 5) is 0. The molecule has 1 atom stereocenters. The van der Waals surface area contributed by atoms with Gasteiger partial charge in [0.1, 0.15) is 8.42 Å². The van der Waals surface area contributed by atoms with Crippen LogP contribution in [0.3, 0.4) is 0 Å². The molecule has 0 saturated carbocycles. The first-order valence-electron chi connectivity index (χ1n) is 5.70. The van der Waals surface area contributed by atoms with Crippen LogP contribution in [0.2, 0.25) is 0 Å². The van der Waals surface area contributed by atoms with Crippen molar-refractivity contribution in [2.24, 2.45) is 5.14 Å². The number of sulfonamides is 1. The van der Waals surface area contributed by atoms with Crippen LogP contribution in [0.5, 0.6) is 0 Å². The third-order valence-corrected chi connectivity index (χ3v) is 7.85. The van der Waals surface area contributed by atoms with Crippen molar-refractivity contribution in [1.82, 2.24) is 5.32 Å². The highest BCUT2D eigenvalue weighted by molar-refractivity contribution is 7.95. The molecule has 120 valence electrons. The largest absolute Gasteiger partial charge is 0.343 e. The molecule has 1 aliphatic rings. The molecule has 0 saturated heterocycles. The molecule has 0 radical (unpaired) electrons.